The number of carbonyl (C=O) groups excluding carboxylic acids is 1. The van der Waals surface area contributed by atoms with Gasteiger partial charge in [-0.1, -0.05) is 53.7 Å². The molecule has 0 amide bonds. The second-order valence-electron chi connectivity index (χ2n) is 8.95. The quantitative estimate of drug-likeness (QED) is 0.343. The number of allylic oxidation sites excluding steroid dienone is 2. The van der Waals surface area contributed by atoms with E-state index in [9.17, 15) is 39.9 Å². The van der Waals surface area contributed by atoms with E-state index < -0.39 is 52.2 Å². The van der Waals surface area contributed by atoms with Crippen LogP contribution in [0.1, 0.15) is 41.5 Å². The normalized spacial score (nSPS) is 22.0. The molecule has 0 bridgehead atoms. The van der Waals surface area contributed by atoms with Gasteiger partial charge in [0.2, 0.25) is 0 Å². The van der Waals surface area contributed by atoms with Crippen LogP contribution in [0.2, 0.25) is 0 Å². The molecule has 1 unspecified atom stereocenters. The predicted molar refractivity (Wildman–Crippen MR) is 85.6 cm³/mol. The molecule has 1 aliphatic carbocycles. The van der Waals surface area contributed by atoms with Crippen LogP contribution in [0.3, 0.4) is 0 Å². The Bertz CT molecular complexity index is 758. The van der Waals surface area contributed by atoms with Gasteiger partial charge in [0.05, 0.1) is 0 Å². The van der Waals surface area contributed by atoms with Crippen molar-refractivity contribution < 1.29 is 53.4 Å². The first-order valence-corrected chi connectivity index (χ1v) is 8.41. The van der Waals surface area contributed by atoms with Crippen LogP contribution in [0.5, 0.6) is 0 Å². The number of carbonyl (C=O) groups is 1. The average molecular weight is 458 g/mol. The van der Waals surface area contributed by atoms with Crippen molar-refractivity contribution in [3.8, 4) is 0 Å². The zero-order valence-electron chi connectivity index (χ0n) is 16.8. The van der Waals surface area contributed by atoms with Crippen LogP contribution >= 0.6 is 0 Å². The van der Waals surface area contributed by atoms with Gasteiger partial charge in [-0.15, -0.1) is 13.2 Å². The lowest BCUT2D eigenvalue weighted by Crippen LogP contribution is -2.64. The number of halogens is 10. The number of hydrogen-bond donors (Lipinski definition) is 0. The van der Waals surface area contributed by atoms with Crippen LogP contribution in [0, 0.1) is 16.2 Å². The van der Waals surface area contributed by atoms with E-state index in [-0.39, 0.29) is 11.6 Å². The first-order valence-electron chi connectivity index (χ1n) is 8.41. The molecule has 0 radical (unpaired) electrons. The fourth-order valence-electron chi connectivity index (χ4n) is 3.03. The van der Waals surface area contributed by atoms with Crippen LogP contribution in [0.25, 0.3) is 0 Å². The summed E-state index contributed by atoms with van der Waals surface area (Å²) in [5.41, 5.74) is -8.67. The summed E-state index contributed by atoms with van der Waals surface area (Å²) in [6.07, 6.45) is -12.0. The summed E-state index contributed by atoms with van der Waals surface area (Å²) in [7, 11) is 0. The van der Waals surface area contributed by atoms with Gasteiger partial charge in [0, 0.05) is 0 Å². The van der Waals surface area contributed by atoms with Crippen LogP contribution in [0.4, 0.5) is 43.9 Å². The van der Waals surface area contributed by atoms with Crippen molar-refractivity contribution in [2.24, 2.45) is 16.2 Å². The molecule has 0 fully saturated rings. The van der Waals surface area contributed by atoms with Crippen LogP contribution < -0.4 is 0 Å². The molecule has 30 heavy (non-hydrogen) atoms. The molecule has 0 aromatic carbocycles. The molecule has 0 saturated heterocycles. The standard InChI is InChI=1S/C18H20F10O2/c1-12(2,3)9-7-10(13(4,5)6)14(8-9,11(29)30-18(26,27)28)15(19,20)16(21,22)17(23,24)25/h7-8H,1-6H3. The summed E-state index contributed by atoms with van der Waals surface area (Å²) in [4.78, 5) is 12.3. The second-order valence-corrected chi connectivity index (χ2v) is 8.95. The molecule has 2 nitrogen and oxygen atoms in total. The lowest BCUT2D eigenvalue weighted by Gasteiger charge is -2.43. The topological polar surface area (TPSA) is 26.3 Å². The molecule has 0 spiro atoms. The molecular formula is C18H20F10O2. The minimum absolute atomic E-state index is 0.0291. The van der Waals surface area contributed by atoms with Crippen molar-refractivity contribution >= 4 is 5.97 Å². The van der Waals surface area contributed by atoms with E-state index >= 15 is 8.78 Å². The molecule has 0 aromatic heterocycles. The number of alkyl halides is 10. The average Bonchev–Trinajstić information content (AvgIpc) is 2.86. The van der Waals surface area contributed by atoms with Gasteiger partial charge in [0.1, 0.15) is 0 Å². The minimum Gasteiger partial charge on any atom is -0.372 e. The highest BCUT2D eigenvalue weighted by molar-refractivity contribution is 5.87. The highest BCUT2D eigenvalue weighted by Gasteiger charge is 2.83. The molecule has 1 rings (SSSR count). The zero-order chi connectivity index (χ0) is 24.4. The van der Waals surface area contributed by atoms with Crippen molar-refractivity contribution in [1.82, 2.24) is 0 Å². The lowest BCUT2D eigenvalue weighted by molar-refractivity contribution is -0.374. The highest BCUT2D eigenvalue weighted by atomic mass is 19.4. The van der Waals surface area contributed by atoms with E-state index in [1.807, 2.05) is 0 Å². The second kappa shape index (κ2) is 6.88. The first kappa shape index (κ1) is 26.3. The van der Waals surface area contributed by atoms with Gasteiger partial charge < -0.3 is 4.74 Å². The van der Waals surface area contributed by atoms with E-state index in [4.69, 9.17) is 0 Å². The summed E-state index contributed by atoms with van der Waals surface area (Å²) in [5, 5.41) is 0. The molecule has 1 atom stereocenters. The van der Waals surface area contributed by atoms with Crippen molar-refractivity contribution in [1.29, 1.82) is 0 Å². The number of esters is 1. The Morgan fingerprint density at radius 1 is 0.800 bits per heavy atom. The number of hydrogen-bond acceptors (Lipinski definition) is 2. The highest BCUT2D eigenvalue weighted by Crippen LogP contribution is 2.63. The maximum absolute atomic E-state index is 15.0. The van der Waals surface area contributed by atoms with E-state index in [1.54, 1.807) is 0 Å². The molecule has 0 N–H and O–H groups in total. The van der Waals surface area contributed by atoms with Gasteiger partial charge >= 0.3 is 30.4 Å². The fourth-order valence-corrected chi connectivity index (χ4v) is 3.03. The van der Waals surface area contributed by atoms with Crippen molar-refractivity contribution in [3.05, 3.63) is 23.3 Å². The fraction of sp³-hybridized carbons (Fsp3) is 0.722. The third-order valence-corrected chi connectivity index (χ3v) is 4.55. The van der Waals surface area contributed by atoms with Crippen LogP contribution in [-0.2, 0) is 9.53 Å². The van der Waals surface area contributed by atoms with E-state index in [0.717, 1.165) is 26.8 Å². The van der Waals surface area contributed by atoms with Crippen LogP contribution in [0.15, 0.2) is 23.3 Å². The van der Waals surface area contributed by atoms with Crippen LogP contribution in [-0.4, -0.2) is 30.4 Å². The molecule has 0 heterocycles. The monoisotopic (exact) mass is 458 g/mol. The summed E-state index contributed by atoms with van der Waals surface area (Å²) in [5.74, 6) is -16.2. The van der Waals surface area contributed by atoms with E-state index in [1.165, 1.54) is 20.8 Å². The molecule has 0 aromatic rings. The molecule has 0 saturated carbocycles. The number of ether oxygens (including phenoxy) is 1. The summed E-state index contributed by atoms with van der Waals surface area (Å²) in [6, 6.07) is 0. The molecule has 1 aliphatic rings. The zero-order valence-corrected chi connectivity index (χ0v) is 16.8. The van der Waals surface area contributed by atoms with E-state index in [2.05, 4.69) is 4.74 Å². The first-order chi connectivity index (χ1) is 12.8. The Labute approximate surface area is 165 Å². The molecule has 174 valence electrons. The van der Waals surface area contributed by atoms with Gasteiger partial charge in [-0.2, -0.15) is 30.7 Å². The predicted octanol–water partition coefficient (Wildman–Crippen LogP) is 6.83. The Hall–Kier alpha value is -1.75. The van der Waals surface area contributed by atoms with Crippen molar-refractivity contribution in [2.45, 2.75) is 65.9 Å². The van der Waals surface area contributed by atoms with Gasteiger partial charge in [0.15, 0.2) is 5.41 Å². The molecule has 12 heteroatoms. The summed E-state index contributed by atoms with van der Waals surface area (Å²) >= 11 is 0. The third-order valence-electron chi connectivity index (χ3n) is 4.55. The Morgan fingerprint density at radius 2 is 1.23 bits per heavy atom. The van der Waals surface area contributed by atoms with Crippen molar-refractivity contribution in [2.75, 3.05) is 0 Å². The summed E-state index contributed by atoms with van der Waals surface area (Å²) in [6.45, 7) is 7.28. The number of rotatable bonds is 3. The maximum atomic E-state index is 15.0. The summed E-state index contributed by atoms with van der Waals surface area (Å²) < 4.78 is 138. The Balaban J connectivity index is 4.09. The molecule has 0 aliphatic heterocycles. The Morgan fingerprint density at radius 3 is 1.53 bits per heavy atom. The smallest absolute Gasteiger partial charge is 0.372 e. The lowest BCUT2D eigenvalue weighted by atomic mass is 9.65. The van der Waals surface area contributed by atoms with Crippen molar-refractivity contribution in [3.63, 3.8) is 0 Å². The maximum Gasteiger partial charge on any atom is 0.575 e. The van der Waals surface area contributed by atoms with Gasteiger partial charge in [-0.05, 0) is 22.0 Å². The third kappa shape index (κ3) is 4.18. The SMILES string of the molecule is CC(C)(C)C1=CC(C(=O)OC(F)(F)F)(C(F)(F)C(F)(F)C(F)(F)F)C(C(C)(C)C)=C1. The van der Waals surface area contributed by atoms with Gasteiger partial charge in [-0.25, -0.2) is 0 Å². The van der Waals surface area contributed by atoms with E-state index in [0.29, 0.717) is 0 Å². The minimum atomic E-state index is -6.87. The molecular weight excluding hydrogens is 438 g/mol. The largest absolute Gasteiger partial charge is 0.575 e. The van der Waals surface area contributed by atoms with Gasteiger partial charge in [0.25, 0.3) is 0 Å². The van der Waals surface area contributed by atoms with Gasteiger partial charge in [-0.3, -0.25) is 4.79 Å². The Kier molecular flexibility index (Phi) is 6.03.